The summed E-state index contributed by atoms with van der Waals surface area (Å²) in [7, 11) is 0. The van der Waals surface area contributed by atoms with E-state index in [1.807, 2.05) is 0 Å². The lowest BCUT2D eigenvalue weighted by Crippen LogP contribution is -2.35. The second-order valence-corrected chi connectivity index (χ2v) is 4.23. The van der Waals surface area contributed by atoms with Crippen LogP contribution in [0.3, 0.4) is 0 Å². The van der Waals surface area contributed by atoms with Gasteiger partial charge in [-0.05, 0) is 18.8 Å². The predicted octanol–water partition coefficient (Wildman–Crippen LogP) is 2.32. The Morgan fingerprint density at radius 1 is 1.55 bits per heavy atom. The van der Waals surface area contributed by atoms with Gasteiger partial charge in [-0.25, -0.2) is 0 Å². The number of hydrogen-bond acceptors (Lipinski definition) is 1. The van der Waals surface area contributed by atoms with E-state index in [4.69, 9.17) is 12.2 Å². The van der Waals surface area contributed by atoms with E-state index in [2.05, 4.69) is 24.5 Å². The molecule has 1 rings (SSSR count). The van der Waals surface area contributed by atoms with Crippen LogP contribution in [0.2, 0.25) is 0 Å². The normalized spacial score (nSPS) is 20.4. The maximum atomic E-state index is 4.98. The third-order valence-corrected chi connectivity index (χ3v) is 3.00. The van der Waals surface area contributed by atoms with Crippen LogP contribution >= 0.6 is 24.8 Å². The van der Waals surface area contributed by atoms with E-state index in [0.717, 1.165) is 23.3 Å². The maximum absolute atomic E-state index is 4.98. The lowest BCUT2D eigenvalue weighted by atomic mass is 9.95. The summed E-state index contributed by atoms with van der Waals surface area (Å²) in [5.41, 5.74) is 0. The summed E-state index contributed by atoms with van der Waals surface area (Å²) in [6.07, 6.45) is 3.89. The molecule has 0 bridgehead atoms. The van der Waals surface area contributed by atoms with Crippen LogP contribution in [0.1, 0.15) is 26.2 Å². The molecule has 1 fully saturated rings. The predicted molar refractivity (Wildman–Crippen MR) is 56.2 cm³/mol. The van der Waals surface area contributed by atoms with Gasteiger partial charge < -0.3 is 4.90 Å². The first-order valence-electron chi connectivity index (χ1n) is 4.22. The van der Waals surface area contributed by atoms with E-state index < -0.39 is 0 Å². The lowest BCUT2D eigenvalue weighted by Gasteiger charge is -2.31. The molecule has 0 atom stereocenters. The molecule has 1 heterocycles. The zero-order valence-electron chi connectivity index (χ0n) is 6.92. The van der Waals surface area contributed by atoms with Crippen molar-refractivity contribution in [1.82, 2.24) is 4.90 Å². The van der Waals surface area contributed by atoms with Crippen LogP contribution in [-0.2, 0) is 0 Å². The van der Waals surface area contributed by atoms with Crippen LogP contribution in [0.15, 0.2) is 0 Å². The number of piperidine rings is 1. The second-order valence-electron chi connectivity index (χ2n) is 3.12. The Hall–Kier alpha value is 0.240. The Balaban J connectivity index is 2.30. The molecule has 1 nitrogen and oxygen atoms in total. The van der Waals surface area contributed by atoms with Gasteiger partial charge in [-0.3, -0.25) is 0 Å². The van der Waals surface area contributed by atoms with Crippen molar-refractivity contribution in [2.45, 2.75) is 26.2 Å². The number of likely N-dealkylation sites (tertiary alicyclic amines) is 1. The fraction of sp³-hybridized carbons (Fsp3) is 0.875. The first-order valence-corrected chi connectivity index (χ1v) is 5.07. The molecule has 11 heavy (non-hydrogen) atoms. The third kappa shape index (κ3) is 2.64. The first-order chi connectivity index (χ1) is 5.24. The summed E-state index contributed by atoms with van der Waals surface area (Å²) in [4.78, 5) is 2.19. The number of hydrogen-bond donors (Lipinski definition) is 1. The van der Waals surface area contributed by atoms with Crippen molar-refractivity contribution in [3.05, 3.63) is 0 Å². The molecule has 0 amide bonds. The topological polar surface area (TPSA) is 3.24 Å². The molecule has 0 aliphatic carbocycles. The monoisotopic (exact) mass is 189 g/mol. The molecule has 64 valence electrons. The van der Waals surface area contributed by atoms with E-state index in [1.54, 1.807) is 0 Å². The Bertz CT molecular complexity index is 139. The largest absolute Gasteiger partial charge is 0.358 e. The highest BCUT2D eigenvalue weighted by Crippen LogP contribution is 2.20. The van der Waals surface area contributed by atoms with Gasteiger partial charge in [-0.15, -0.1) is 12.6 Å². The minimum absolute atomic E-state index is 0.763. The molecule has 0 N–H and O–H groups in total. The number of thiol groups is 1. The van der Waals surface area contributed by atoms with Crippen molar-refractivity contribution >= 4 is 29.2 Å². The molecule has 0 saturated carbocycles. The number of thiocarbonyl (C=S) groups is 1. The molecule has 1 aliphatic rings. The van der Waals surface area contributed by atoms with Crippen molar-refractivity contribution < 1.29 is 0 Å². The van der Waals surface area contributed by atoms with E-state index in [-0.39, 0.29) is 0 Å². The summed E-state index contributed by atoms with van der Waals surface area (Å²) in [5.74, 6) is 0.925. The Morgan fingerprint density at radius 2 is 2.09 bits per heavy atom. The van der Waals surface area contributed by atoms with E-state index >= 15 is 0 Å². The number of rotatable bonds is 1. The van der Waals surface area contributed by atoms with Crippen molar-refractivity contribution in [3.63, 3.8) is 0 Å². The average molecular weight is 189 g/mol. The minimum atomic E-state index is 0.763. The minimum Gasteiger partial charge on any atom is -0.358 e. The molecular formula is C8H15NS2. The van der Waals surface area contributed by atoms with Crippen molar-refractivity contribution in [2.24, 2.45) is 5.92 Å². The summed E-state index contributed by atoms with van der Waals surface area (Å²) < 4.78 is 0.763. The Labute approximate surface area is 79.6 Å². The van der Waals surface area contributed by atoms with Gasteiger partial charge in [0, 0.05) is 13.1 Å². The molecule has 1 saturated heterocycles. The van der Waals surface area contributed by atoms with E-state index in [9.17, 15) is 0 Å². The van der Waals surface area contributed by atoms with Crippen molar-refractivity contribution in [3.8, 4) is 0 Å². The van der Waals surface area contributed by atoms with Crippen LogP contribution in [0.5, 0.6) is 0 Å². The van der Waals surface area contributed by atoms with Gasteiger partial charge in [0.15, 0.2) is 0 Å². The molecule has 0 aromatic rings. The standard InChI is InChI=1S/C8H15NS2/c1-2-7-3-5-9(6-4-7)8(10)11/h7H,2-6H2,1H3,(H,10,11). The van der Waals surface area contributed by atoms with Crippen LogP contribution in [0.4, 0.5) is 0 Å². The van der Waals surface area contributed by atoms with Gasteiger partial charge in [0.25, 0.3) is 0 Å². The average Bonchev–Trinajstić information content (AvgIpc) is 2.05. The lowest BCUT2D eigenvalue weighted by molar-refractivity contribution is 0.268. The van der Waals surface area contributed by atoms with Crippen LogP contribution in [-0.4, -0.2) is 22.3 Å². The van der Waals surface area contributed by atoms with E-state index in [0.29, 0.717) is 0 Å². The summed E-state index contributed by atoms with van der Waals surface area (Å²) in [6, 6.07) is 0. The zero-order chi connectivity index (χ0) is 8.27. The quantitative estimate of drug-likeness (QED) is 0.498. The highest BCUT2D eigenvalue weighted by Gasteiger charge is 2.17. The van der Waals surface area contributed by atoms with Crippen LogP contribution in [0.25, 0.3) is 0 Å². The van der Waals surface area contributed by atoms with Crippen LogP contribution in [0, 0.1) is 5.92 Å². The molecule has 0 spiro atoms. The molecular weight excluding hydrogens is 174 g/mol. The molecule has 0 aromatic heterocycles. The fourth-order valence-electron chi connectivity index (χ4n) is 1.53. The smallest absolute Gasteiger partial charge is 0.133 e. The highest BCUT2D eigenvalue weighted by atomic mass is 32.1. The Morgan fingerprint density at radius 3 is 2.45 bits per heavy atom. The summed E-state index contributed by atoms with van der Waals surface area (Å²) in [5, 5.41) is 0. The van der Waals surface area contributed by atoms with Crippen molar-refractivity contribution in [1.29, 1.82) is 0 Å². The molecule has 0 radical (unpaired) electrons. The first kappa shape index (κ1) is 9.33. The SMILES string of the molecule is CCC1CCN(C(=S)S)CC1. The molecule has 0 unspecified atom stereocenters. The molecule has 1 aliphatic heterocycles. The van der Waals surface area contributed by atoms with Gasteiger partial charge >= 0.3 is 0 Å². The zero-order valence-corrected chi connectivity index (χ0v) is 8.63. The molecule has 0 aromatic carbocycles. The van der Waals surface area contributed by atoms with Gasteiger partial charge in [0.05, 0.1) is 0 Å². The van der Waals surface area contributed by atoms with Gasteiger partial charge in [-0.1, -0.05) is 25.6 Å². The summed E-state index contributed by atoms with van der Waals surface area (Å²) >= 11 is 9.14. The van der Waals surface area contributed by atoms with Crippen LogP contribution < -0.4 is 0 Å². The maximum Gasteiger partial charge on any atom is 0.133 e. The molecule has 3 heteroatoms. The van der Waals surface area contributed by atoms with E-state index in [1.165, 1.54) is 19.3 Å². The third-order valence-electron chi connectivity index (χ3n) is 2.46. The summed E-state index contributed by atoms with van der Waals surface area (Å²) in [6.45, 7) is 4.49. The van der Waals surface area contributed by atoms with Gasteiger partial charge in [0.2, 0.25) is 0 Å². The van der Waals surface area contributed by atoms with Gasteiger partial charge in [-0.2, -0.15) is 0 Å². The Kier molecular flexibility index (Phi) is 3.66. The highest BCUT2D eigenvalue weighted by molar-refractivity contribution is 8.10. The fourth-order valence-corrected chi connectivity index (χ4v) is 1.92. The van der Waals surface area contributed by atoms with Crippen molar-refractivity contribution in [2.75, 3.05) is 13.1 Å². The second kappa shape index (κ2) is 4.31. The van der Waals surface area contributed by atoms with Gasteiger partial charge in [0.1, 0.15) is 4.32 Å². The number of nitrogens with zero attached hydrogens (tertiary/aromatic N) is 1.